The van der Waals surface area contributed by atoms with E-state index in [1.807, 2.05) is 0 Å². The fraction of sp³-hybridized carbons (Fsp3) is 0.571. The molecule has 0 unspecified atom stereocenters. The van der Waals surface area contributed by atoms with Crippen LogP contribution in [-0.2, 0) is 16.6 Å². The van der Waals surface area contributed by atoms with Gasteiger partial charge in [0.15, 0.2) is 0 Å². The summed E-state index contributed by atoms with van der Waals surface area (Å²) in [5.74, 6) is -0.405. The monoisotopic (exact) mass is 334 g/mol. The minimum Gasteiger partial charge on any atom is -0.326 e. The van der Waals surface area contributed by atoms with Crippen molar-refractivity contribution in [3.8, 4) is 0 Å². The highest BCUT2D eigenvalue weighted by atomic mass is 35.5. The quantitative estimate of drug-likeness (QED) is 0.869. The van der Waals surface area contributed by atoms with Crippen LogP contribution in [0, 0.1) is 11.7 Å². The maximum atomic E-state index is 13.7. The lowest BCUT2D eigenvalue weighted by atomic mass is 9.90. The fourth-order valence-corrected chi connectivity index (χ4v) is 3.99. The summed E-state index contributed by atoms with van der Waals surface area (Å²) < 4.78 is 40.7. The Kier molecular flexibility index (Phi) is 5.60. The van der Waals surface area contributed by atoms with Crippen LogP contribution in [0.3, 0.4) is 0 Å². The Balaban J connectivity index is 2.13. The molecule has 1 aromatic rings. The van der Waals surface area contributed by atoms with E-state index in [9.17, 15) is 12.8 Å². The first-order chi connectivity index (χ1) is 9.94. The Morgan fingerprint density at radius 2 is 1.95 bits per heavy atom. The predicted molar refractivity (Wildman–Crippen MR) is 81.1 cm³/mol. The smallest absolute Gasteiger partial charge is 0.240 e. The van der Waals surface area contributed by atoms with Crippen molar-refractivity contribution >= 4 is 21.6 Å². The van der Waals surface area contributed by atoms with Gasteiger partial charge in [-0.05, 0) is 36.5 Å². The van der Waals surface area contributed by atoms with E-state index in [2.05, 4.69) is 4.72 Å². The zero-order chi connectivity index (χ0) is 15.5. The average Bonchev–Trinajstić information content (AvgIpc) is 2.49. The molecule has 0 bridgehead atoms. The van der Waals surface area contributed by atoms with Gasteiger partial charge in [-0.15, -0.1) is 0 Å². The molecule has 0 aliphatic heterocycles. The number of nitrogens with two attached hydrogens (primary N) is 1. The molecule has 21 heavy (non-hydrogen) atoms. The molecule has 0 heterocycles. The van der Waals surface area contributed by atoms with Crippen LogP contribution >= 0.6 is 11.6 Å². The maximum Gasteiger partial charge on any atom is 0.240 e. The maximum absolute atomic E-state index is 13.7. The Hall–Kier alpha value is -0.690. The van der Waals surface area contributed by atoms with Gasteiger partial charge in [-0.2, -0.15) is 0 Å². The second-order valence-electron chi connectivity index (χ2n) is 5.44. The number of nitrogens with one attached hydrogen (secondary N) is 1. The molecule has 0 spiro atoms. The third-order valence-electron chi connectivity index (χ3n) is 3.89. The van der Waals surface area contributed by atoms with Crippen LogP contribution < -0.4 is 10.5 Å². The van der Waals surface area contributed by atoms with E-state index in [1.165, 1.54) is 12.5 Å². The summed E-state index contributed by atoms with van der Waals surface area (Å²) in [5.41, 5.74) is 5.74. The van der Waals surface area contributed by atoms with Gasteiger partial charge in [0.2, 0.25) is 10.0 Å². The molecular formula is C14H20ClFN2O2S. The number of hydrogen-bond acceptors (Lipinski definition) is 3. The SMILES string of the molecule is NCc1cc(S(=O)(=O)NCC2CCCCC2)cc(F)c1Cl. The molecule has 7 heteroatoms. The molecule has 0 atom stereocenters. The molecule has 2 rings (SSSR count). The summed E-state index contributed by atoms with van der Waals surface area (Å²) in [5, 5.41) is -0.122. The van der Waals surface area contributed by atoms with Crippen LogP contribution in [0.1, 0.15) is 37.7 Å². The van der Waals surface area contributed by atoms with E-state index in [0.29, 0.717) is 12.5 Å². The molecule has 0 aromatic heterocycles. The highest BCUT2D eigenvalue weighted by molar-refractivity contribution is 7.89. The summed E-state index contributed by atoms with van der Waals surface area (Å²) in [6.07, 6.45) is 5.56. The number of halogens is 2. The van der Waals surface area contributed by atoms with E-state index in [4.69, 9.17) is 17.3 Å². The van der Waals surface area contributed by atoms with Gasteiger partial charge in [0.1, 0.15) is 5.82 Å². The Bertz CT molecular complexity index is 601. The van der Waals surface area contributed by atoms with Gasteiger partial charge in [0.05, 0.1) is 9.92 Å². The lowest BCUT2D eigenvalue weighted by Gasteiger charge is -2.21. The van der Waals surface area contributed by atoms with Crippen LogP contribution in [0.15, 0.2) is 17.0 Å². The van der Waals surface area contributed by atoms with Crippen LogP contribution in [0.4, 0.5) is 4.39 Å². The Labute approximate surface area is 129 Å². The molecule has 3 N–H and O–H groups in total. The van der Waals surface area contributed by atoms with E-state index in [1.54, 1.807) is 0 Å². The topological polar surface area (TPSA) is 72.2 Å². The number of rotatable bonds is 5. The van der Waals surface area contributed by atoms with Crippen molar-refractivity contribution in [2.24, 2.45) is 11.7 Å². The van der Waals surface area contributed by atoms with Crippen LogP contribution in [-0.4, -0.2) is 15.0 Å². The fourth-order valence-electron chi connectivity index (χ4n) is 2.62. The largest absolute Gasteiger partial charge is 0.326 e. The van der Waals surface area contributed by atoms with Gasteiger partial charge in [0, 0.05) is 13.1 Å². The van der Waals surface area contributed by atoms with Crippen LogP contribution in [0.5, 0.6) is 0 Å². The second kappa shape index (κ2) is 7.05. The molecule has 4 nitrogen and oxygen atoms in total. The molecular weight excluding hydrogens is 315 g/mol. The van der Waals surface area contributed by atoms with Crippen molar-refractivity contribution in [2.75, 3.05) is 6.54 Å². The number of sulfonamides is 1. The molecule has 118 valence electrons. The predicted octanol–water partition coefficient (Wildman–Crippen LogP) is 2.80. The zero-order valence-corrected chi connectivity index (χ0v) is 13.3. The van der Waals surface area contributed by atoms with Crippen molar-refractivity contribution in [3.05, 3.63) is 28.5 Å². The normalized spacial score (nSPS) is 17.1. The van der Waals surface area contributed by atoms with Crippen molar-refractivity contribution in [3.63, 3.8) is 0 Å². The molecule has 0 amide bonds. The van der Waals surface area contributed by atoms with Crippen molar-refractivity contribution in [2.45, 2.75) is 43.5 Å². The third kappa shape index (κ3) is 4.16. The molecule has 1 aromatic carbocycles. The van der Waals surface area contributed by atoms with Gasteiger partial charge in [-0.25, -0.2) is 17.5 Å². The molecule has 1 fully saturated rings. The van der Waals surface area contributed by atoms with Gasteiger partial charge in [0.25, 0.3) is 0 Å². The first-order valence-corrected chi connectivity index (χ1v) is 8.98. The van der Waals surface area contributed by atoms with Crippen molar-refractivity contribution < 1.29 is 12.8 Å². The van der Waals surface area contributed by atoms with E-state index < -0.39 is 15.8 Å². The first-order valence-electron chi connectivity index (χ1n) is 7.11. The van der Waals surface area contributed by atoms with Gasteiger partial charge in [-0.3, -0.25) is 0 Å². The summed E-state index contributed by atoms with van der Waals surface area (Å²) in [6, 6.07) is 2.26. The number of benzene rings is 1. The highest BCUT2D eigenvalue weighted by Crippen LogP contribution is 2.25. The van der Waals surface area contributed by atoms with Gasteiger partial charge in [-0.1, -0.05) is 30.9 Å². The summed E-state index contributed by atoms with van der Waals surface area (Å²) in [7, 11) is -3.74. The summed E-state index contributed by atoms with van der Waals surface area (Å²) in [6.45, 7) is 0.381. The van der Waals surface area contributed by atoms with Crippen molar-refractivity contribution in [1.82, 2.24) is 4.72 Å². The van der Waals surface area contributed by atoms with E-state index >= 15 is 0 Å². The van der Waals surface area contributed by atoms with Gasteiger partial charge >= 0.3 is 0 Å². The second-order valence-corrected chi connectivity index (χ2v) is 7.58. The third-order valence-corrected chi connectivity index (χ3v) is 5.72. The van der Waals surface area contributed by atoms with E-state index in [0.717, 1.165) is 31.7 Å². The van der Waals surface area contributed by atoms with E-state index in [-0.39, 0.29) is 22.0 Å². The lowest BCUT2D eigenvalue weighted by molar-refractivity contribution is 0.357. The Morgan fingerprint density at radius 3 is 2.57 bits per heavy atom. The average molecular weight is 335 g/mol. The minimum absolute atomic E-state index is 0.0122. The highest BCUT2D eigenvalue weighted by Gasteiger charge is 2.21. The molecule has 0 radical (unpaired) electrons. The standard InChI is InChI=1S/C14H20ClFN2O2S/c15-14-11(8-17)6-12(7-13(14)16)21(19,20)18-9-10-4-2-1-3-5-10/h6-7,10,18H,1-5,8-9,17H2. The molecule has 1 aliphatic carbocycles. The zero-order valence-electron chi connectivity index (χ0n) is 11.7. The molecule has 1 aliphatic rings. The number of hydrogen-bond donors (Lipinski definition) is 2. The van der Waals surface area contributed by atoms with Crippen LogP contribution in [0.25, 0.3) is 0 Å². The lowest BCUT2D eigenvalue weighted by Crippen LogP contribution is -2.30. The summed E-state index contributed by atoms with van der Waals surface area (Å²) >= 11 is 5.74. The Morgan fingerprint density at radius 1 is 1.29 bits per heavy atom. The first kappa shape index (κ1) is 16.7. The minimum atomic E-state index is -3.74. The van der Waals surface area contributed by atoms with Gasteiger partial charge < -0.3 is 5.73 Å². The van der Waals surface area contributed by atoms with Crippen LogP contribution in [0.2, 0.25) is 5.02 Å². The summed E-state index contributed by atoms with van der Waals surface area (Å²) in [4.78, 5) is -0.124. The molecule has 0 saturated heterocycles. The van der Waals surface area contributed by atoms with Crippen molar-refractivity contribution in [1.29, 1.82) is 0 Å². The molecule has 1 saturated carbocycles.